The first-order chi connectivity index (χ1) is 14.5. The Morgan fingerprint density at radius 3 is 2.50 bits per heavy atom. The molecule has 2 aromatic rings. The molecule has 156 valence electrons. The zero-order valence-electron chi connectivity index (χ0n) is 16.1. The van der Waals surface area contributed by atoms with Gasteiger partial charge >= 0.3 is 0 Å². The lowest BCUT2D eigenvalue weighted by molar-refractivity contribution is -0.123. The highest BCUT2D eigenvalue weighted by atomic mass is 32.2. The van der Waals surface area contributed by atoms with Crippen LogP contribution in [-0.4, -0.2) is 48.8 Å². The highest BCUT2D eigenvalue weighted by Gasteiger charge is 2.34. The van der Waals surface area contributed by atoms with Crippen LogP contribution in [0.25, 0.3) is 6.08 Å². The van der Waals surface area contributed by atoms with Crippen molar-refractivity contribution in [2.24, 2.45) is 0 Å². The van der Waals surface area contributed by atoms with E-state index in [0.29, 0.717) is 16.3 Å². The molecule has 0 spiro atoms. The second-order valence-electron chi connectivity index (χ2n) is 6.24. The van der Waals surface area contributed by atoms with E-state index in [2.05, 4.69) is 5.32 Å². The molecule has 1 fully saturated rings. The summed E-state index contributed by atoms with van der Waals surface area (Å²) in [7, 11) is 1.50. The van der Waals surface area contributed by atoms with Crippen molar-refractivity contribution in [1.29, 1.82) is 0 Å². The third-order valence-corrected chi connectivity index (χ3v) is 4.98. The van der Waals surface area contributed by atoms with Gasteiger partial charge in [0, 0.05) is 12.8 Å². The van der Waals surface area contributed by atoms with E-state index in [4.69, 9.17) is 9.47 Å². The van der Waals surface area contributed by atoms with E-state index in [1.807, 2.05) is 0 Å². The molecule has 30 heavy (non-hydrogen) atoms. The Morgan fingerprint density at radius 1 is 1.13 bits per heavy atom. The lowest BCUT2D eigenvalue weighted by atomic mass is 10.2. The Kier molecular flexibility index (Phi) is 7.21. The fourth-order valence-corrected chi connectivity index (χ4v) is 3.43. The molecule has 2 aromatic carbocycles. The number of hydrogen-bond acceptors (Lipinski definition) is 6. The summed E-state index contributed by atoms with van der Waals surface area (Å²) < 4.78 is 23.2. The SMILES string of the molecule is COCCN1C(=O)S/C(=C/c2ccc(OCC(=O)Nc3ccc(F)cc3)cc2)C1=O. The van der Waals surface area contributed by atoms with Crippen LogP contribution in [0.15, 0.2) is 53.4 Å². The zero-order chi connectivity index (χ0) is 21.5. The van der Waals surface area contributed by atoms with Gasteiger partial charge in [0.1, 0.15) is 11.6 Å². The first-order valence-corrected chi connectivity index (χ1v) is 9.80. The molecule has 0 aliphatic carbocycles. The Hall–Kier alpha value is -3.17. The van der Waals surface area contributed by atoms with Gasteiger partial charge in [0.2, 0.25) is 0 Å². The van der Waals surface area contributed by atoms with Gasteiger partial charge in [-0.2, -0.15) is 0 Å². The number of halogens is 1. The number of carbonyl (C=O) groups excluding carboxylic acids is 3. The van der Waals surface area contributed by atoms with Crippen molar-refractivity contribution in [3.8, 4) is 5.75 Å². The summed E-state index contributed by atoms with van der Waals surface area (Å²) in [5, 5.41) is 2.28. The van der Waals surface area contributed by atoms with Gasteiger partial charge in [-0.1, -0.05) is 12.1 Å². The first kappa shape index (κ1) is 21.5. The molecule has 0 radical (unpaired) electrons. The molecule has 7 nitrogen and oxygen atoms in total. The number of carbonyl (C=O) groups is 3. The monoisotopic (exact) mass is 430 g/mol. The molecule has 0 unspecified atom stereocenters. The maximum Gasteiger partial charge on any atom is 0.293 e. The maximum atomic E-state index is 12.9. The Balaban J connectivity index is 1.54. The minimum Gasteiger partial charge on any atom is -0.484 e. The van der Waals surface area contributed by atoms with Crippen molar-refractivity contribution in [2.45, 2.75) is 0 Å². The van der Waals surface area contributed by atoms with E-state index in [-0.39, 0.29) is 42.6 Å². The maximum absolute atomic E-state index is 12.9. The molecular formula is C21H19FN2O5S. The average Bonchev–Trinajstić information content (AvgIpc) is 3.00. The summed E-state index contributed by atoms with van der Waals surface area (Å²) in [5.74, 6) is -0.645. The topological polar surface area (TPSA) is 84.9 Å². The Labute approximate surface area is 176 Å². The number of amides is 3. The summed E-state index contributed by atoms with van der Waals surface area (Å²) in [6, 6.07) is 12.2. The number of imide groups is 1. The third kappa shape index (κ3) is 5.68. The van der Waals surface area contributed by atoms with Gasteiger partial charge in [-0.05, 0) is 59.8 Å². The predicted molar refractivity (Wildman–Crippen MR) is 112 cm³/mol. The Morgan fingerprint density at radius 2 is 1.83 bits per heavy atom. The molecule has 0 aromatic heterocycles. The van der Waals surface area contributed by atoms with Gasteiger partial charge in [-0.25, -0.2) is 4.39 Å². The van der Waals surface area contributed by atoms with Gasteiger partial charge in [0.15, 0.2) is 6.61 Å². The van der Waals surface area contributed by atoms with Crippen LogP contribution in [0.1, 0.15) is 5.56 Å². The minimum absolute atomic E-state index is 0.213. The first-order valence-electron chi connectivity index (χ1n) is 8.99. The third-order valence-electron chi connectivity index (χ3n) is 4.07. The van der Waals surface area contributed by atoms with E-state index < -0.39 is 0 Å². The minimum atomic E-state index is -0.385. The van der Waals surface area contributed by atoms with E-state index in [9.17, 15) is 18.8 Å². The highest BCUT2D eigenvalue weighted by Crippen LogP contribution is 2.32. The lowest BCUT2D eigenvalue weighted by Crippen LogP contribution is -2.31. The van der Waals surface area contributed by atoms with Crippen LogP contribution in [0.4, 0.5) is 14.9 Å². The van der Waals surface area contributed by atoms with Crippen molar-refractivity contribution in [2.75, 3.05) is 32.2 Å². The van der Waals surface area contributed by atoms with Crippen molar-refractivity contribution in [3.05, 3.63) is 64.8 Å². The molecule has 3 rings (SSSR count). The zero-order valence-corrected chi connectivity index (χ0v) is 16.9. The molecule has 1 N–H and O–H groups in total. The molecule has 0 bridgehead atoms. The summed E-state index contributed by atoms with van der Waals surface area (Å²) in [5.41, 5.74) is 1.19. The molecular weight excluding hydrogens is 411 g/mol. The number of rotatable bonds is 8. The number of methoxy groups -OCH3 is 1. The summed E-state index contributed by atoms with van der Waals surface area (Å²) in [4.78, 5) is 37.6. The van der Waals surface area contributed by atoms with Crippen LogP contribution < -0.4 is 10.1 Å². The van der Waals surface area contributed by atoms with Crippen LogP contribution in [0.5, 0.6) is 5.75 Å². The number of nitrogens with one attached hydrogen (secondary N) is 1. The van der Waals surface area contributed by atoms with Crippen molar-refractivity contribution >= 4 is 40.6 Å². The quantitative estimate of drug-likeness (QED) is 0.645. The van der Waals surface area contributed by atoms with Crippen LogP contribution in [0.2, 0.25) is 0 Å². The van der Waals surface area contributed by atoms with Crippen LogP contribution in [0.3, 0.4) is 0 Å². The average molecular weight is 430 g/mol. The number of hydrogen-bond donors (Lipinski definition) is 1. The van der Waals surface area contributed by atoms with E-state index in [1.54, 1.807) is 30.3 Å². The standard InChI is InChI=1S/C21H19FN2O5S/c1-28-11-10-24-20(26)18(30-21(24)27)12-14-2-8-17(9-3-14)29-13-19(25)23-16-6-4-15(22)5-7-16/h2-9,12H,10-11,13H2,1H3,(H,23,25)/b18-12+. The number of thioether (sulfide) groups is 1. The normalized spacial score (nSPS) is 15.0. The summed E-state index contributed by atoms with van der Waals surface area (Å²) in [6.45, 7) is 0.284. The van der Waals surface area contributed by atoms with E-state index in [0.717, 1.165) is 22.2 Å². The van der Waals surface area contributed by atoms with Crippen LogP contribution in [0, 0.1) is 5.82 Å². The second kappa shape index (κ2) is 10.0. The molecule has 0 saturated carbocycles. The van der Waals surface area contributed by atoms with Crippen molar-refractivity contribution in [3.63, 3.8) is 0 Å². The molecule has 9 heteroatoms. The second-order valence-corrected chi connectivity index (χ2v) is 7.23. The fourth-order valence-electron chi connectivity index (χ4n) is 2.57. The van der Waals surface area contributed by atoms with Gasteiger partial charge in [0.05, 0.1) is 18.1 Å². The van der Waals surface area contributed by atoms with E-state index >= 15 is 0 Å². The number of nitrogens with zero attached hydrogens (tertiary/aromatic N) is 1. The molecule has 1 aliphatic heterocycles. The lowest BCUT2D eigenvalue weighted by Gasteiger charge is -2.10. The van der Waals surface area contributed by atoms with Crippen LogP contribution in [-0.2, 0) is 14.3 Å². The van der Waals surface area contributed by atoms with E-state index in [1.165, 1.54) is 31.4 Å². The number of anilines is 1. The van der Waals surface area contributed by atoms with Gasteiger partial charge < -0.3 is 14.8 Å². The Bertz CT molecular complexity index is 960. The van der Waals surface area contributed by atoms with Crippen LogP contribution >= 0.6 is 11.8 Å². The summed E-state index contributed by atoms with van der Waals surface area (Å²) in [6.07, 6.45) is 1.63. The van der Waals surface area contributed by atoms with Gasteiger partial charge in [-0.3, -0.25) is 19.3 Å². The van der Waals surface area contributed by atoms with Gasteiger partial charge in [0.25, 0.3) is 17.1 Å². The molecule has 1 aliphatic rings. The largest absolute Gasteiger partial charge is 0.484 e. The summed E-state index contributed by atoms with van der Waals surface area (Å²) >= 11 is 0.883. The molecule has 1 saturated heterocycles. The van der Waals surface area contributed by atoms with Crippen molar-refractivity contribution in [1.82, 2.24) is 4.90 Å². The van der Waals surface area contributed by atoms with Crippen molar-refractivity contribution < 1.29 is 28.2 Å². The number of benzene rings is 2. The predicted octanol–water partition coefficient (Wildman–Crippen LogP) is 3.53. The molecule has 0 atom stereocenters. The highest BCUT2D eigenvalue weighted by molar-refractivity contribution is 8.18. The molecule has 1 heterocycles. The smallest absolute Gasteiger partial charge is 0.293 e. The number of ether oxygens (including phenoxy) is 2. The molecule has 3 amide bonds. The fraction of sp³-hybridized carbons (Fsp3) is 0.190. The van der Waals surface area contributed by atoms with Gasteiger partial charge in [-0.15, -0.1) is 0 Å².